The number of rotatable bonds is 9. The molecular weight excluding hydrogens is 412 g/mol. The molecule has 0 heterocycles. The number of benzene rings is 3. The van der Waals surface area contributed by atoms with Crippen LogP contribution < -0.4 is 5.32 Å². The summed E-state index contributed by atoms with van der Waals surface area (Å²) in [6.45, 7) is -0.935. The van der Waals surface area contributed by atoms with E-state index in [1.165, 1.54) is 24.3 Å². The minimum absolute atomic E-state index is 0.146. The molecule has 1 amide bonds. The van der Waals surface area contributed by atoms with Gasteiger partial charge in [0.1, 0.15) is 6.54 Å². The van der Waals surface area contributed by atoms with Gasteiger partial charge in [-0.1, -0.05) is 60.7 Å². The van der Waals surface area contributed by atoms with Crippen LogP contribution in [0.5, 0.6) is 0 Å². The maximum absolute atomic E-state index is 12.9. The summed E-state index contributed by atoms with van der Waals surface area (Å²) >= 11 is 0. The molecular formula is C24H20N2O6. The van der Waals surface area contributed by atoms with E-state index in [2.05, 4.69) is 5.32 Å². The Bertz CT molecular complexity index is 1060. The van der Waals surface area contributed by atoms with Crippen molar-refractivity contribution in [2.24, 2.45) is 0 Å². The maximum atomic E-state index is 12.9. The van der Waals surface area contributed by atoms with Gasteiger partial charge in [0.05, 0.1) is 10.8 Å². The fourth-order valence-electron chi connectivity index (χ4n) is 3.10. The van der Waals surface area contributed by atoms with Gasteiger partial charge < -0.3 is 10.1 Å². The van der Waals surface area contributed by atoms with E-state index in [1.54, 1.807) is 0 Å². The van der Waals surface area contributed by atoms with Crippen LogP contribution in [0.1, 0.15) is 27.4 Å². The maximum Gasteiger partial charge on any atom is 0.325 e. The van der Waals surface area contributed by atoms with Gasteiger partial charge in [0, 0.05) is 17.7 Å². The van der Waals surface area contributed by atoms with Crippen LogP contribution in [-0.2, 0) is 14.3 Å². The molecule has 0 radical (unpaired) electrons. The number of Topliss-reactive ketones (excluding diaryl/α,β-unsaturated/α-hetero) is 1. The molecule has 0 aromatic heterocycles. The van der Waals surface area contributed by atoms with Gasteiger partial charge in [-0.15, -0.1) is 0 Å². The first-order chi connectivity index (χ1) is 15.5. The van der Waals surface area contributed by atoms with E-state index >= 15 is 0 Å². The van der Waals surface area contributed by atoms with Crippen LogP contribution in [0.3, 0.4) is 0 Å². The SMILES string of the molecule is O=C(CNC(=O)C(c1ccccc1)c1ccccc1)OCC(=O)c1ccc([N+](=O)[O-])cc1. The predicted octanol–water partition coefficient (Wildman–Crippen LogP) is 3.27. The summed E-state index contributed by atoms with van der Waals surface area (Å²) < 4.78 is 4.94. The molecule has 0 aliphatic carbocycles. The molecule has 1 N–H and O–H groups in total. The highest BCUT2D eigenvalue weighted by Gasteiger charge is 2.23. The second kappa shape index (κ2) is 10.6. The highest BCUT2D eigenvalue weighted by molar-refractivity contribution is 5.98. The molecule has 0 atom stereocenters. The second-order valence-electron chi connectivity index (χ2n) is 6.86. The van der Waals surface area contributed by atoms with Crippen molar-refractivity contribution in [3.63, 3.8) is 0 Å². The van der Waals surface area contributed by atoms with E-state index in [4.69, 9.17) is 4.74 Å². The largest absolute Gasteiger partial charge is 0.456 e. The third-order valence-electron chi connectivity index (χ3n) is 4.70. The van der Waals surface area contributed by atoms with E-state index in [1.807, 2.05) is 60.7 Å². The first-order valence-electron chi connectivity index (χ1n) is 9.76. The molecule has 8 heteroatoms. The predicted molar refractivity (Wildman–Crippen MR) is 116 cm³/mol. The molecule has 0 fully saturated rings. The van der Waals surface area contributed by atoms with Gasteiger partial charge >= 0.3 is 5.97 Å². The van der Waals surface area contributed by atoms with Gasteiger partial charge in [-0.05, 0) is 23.3 Å². The zero-order valence-electron chi connectivity index (χ0n) is 17.0. The van der Waals surface area contributed by atoms with Crippen LogP contribution in [0.25, 0.3) is 0 Å². The number of hydrogen-bond acceptors (Lipinski definition) is 6. The van der Waals surface area contributed by atoms with Gasteiger partial charge in [0.2, 0.25) is 5.91 Å². The van der Waals surface area contributed by atoms with Crippen molar-refractivity contribution in [3.8, 4) is 0 Å². The number of carbonyl (C=O) groups excluding carboxylic acids is 3. The first-order valence-corrected chi connectivity index (χ1v) is 9.76. The van der Waals surface area contributed by atoms with Crippen molar-refractivity contribution in [3.05, 3.63) is 112 Å². The van der Waals surface area contributed by atoms with Crippen LogP contribution in [-0.4, -0.2) is 35.7 Å². The number of nitro benzene ring substituents is 1. The summed E-state index contributed by atoms with van der Waals surface area (Å²) in [5.41, 5.74) is 1.59. The van der Waals surface area contributed by atoms with E-state index in [9.17, 15) is 24.5 Å². The van der Waals surface area contributed by atoms with E-state index in [0.29, 0.717) is 0 Å². The van der Waals surface area contributed by atoms with Gasteiger partial charge in [-0.3, -0.25) is 24.5 Å². The number of non-ortho nitro benzene ring substituents is 1. The molecule has 0 aliphatic rings. The van der Waals surface area contributed by atoms with Crippen molar-refractivity contribution < 1.29 is 24.0 Å². The van der Waals surface area contributed by atoms with Crippen molar-refractivity contribution >= 4 is 23.3 Å². The van der Waals surface area contributed by atoms with Crippen molar-refractivity contribution in [2.75, 3.05) is 13.2 Å². The van der Waals surface area contributed by atoms with Crippen LogP contribution in [0.2, 0.25) is 0 Å². The smallest absolute Gasteiger partial charge is 0.325 e. The number of nitrogens with zero attached hydrogens (tertiary/aromatic N) is 1. The topological polar surface area (TPSA) is 116 Å². The van der Waals surface area contributed by atoms with Crippen LogP contribution in [0, 0.1) is 10.1 Å². The highest BCUT2D eigenvalue weighted by atomic mass is 16.6. The van der Waals surface area contributed by atoms with E-state index in [0.717, 1.165) is 11.1 Å². The Morgan fingerprint density at radius 1 is 0.844 bits per heavy atom. The molecule has 32 heavy (non-hydrogen) atoms. The average Bonchev–Trinajstić information content (AvgIpc) is 2.82. The molecule has 0 bridgehead atoms. The zero-order chi connectivity index (χ0) is 22.9. The third kappa shape index (κ3) is 5.85. The molecule has 3 rings (SSSR count). The summed E-state index contributed by atoms with van der Waals surface area (Å²) in [5, 5.41) is 13.2. The summed E-state index contributed by atoms with van der Waals surface area (Å²) in [5.74, 6) is -2.26. The average molecular weight is 432 g/mol. The number of nitrogens with one attached hydrogen (secondary N) is 1. The molecule has 8 nitrogen and oxygen atoms in total. The van der Waals surface area contributed by atoms with Gasteiger partial charge in [-0.25, -0.2) is 0 Å². The number of carbonyl (C=O) groups is 3. The lowest BCUT2D eigenvalue weighted by Gasteiger charge is -2.17. The highest BCUT2D eigenvalue weighted by Crippen LogP contribution is 2.24. The third-order valence-corrected chi connectivity index (χ3v) is 4.70. The summed E-state index contributed by atoms with van der Waals surface area (Å²) in [6.07, 6.45) is 0. The second-order valence-corrected chi connectivity index (χ2v) is 6.86. The standard InChI is InChI=1S/C24H20N2O6/c27-21(17-11-13-20(14-12-17)26(30)31)16-32-22(28)15-25-24(29)23(18-7-3-1-4-8-18)19-9-5-2-6-10-19/h1-14,23H,15-16H2,(H,25,29). The molecule has 0 aliphatic heterocycles. The molecule has 0 saturated carbocycles. The van der Waals surface area contributed by atoms with Crippen molar-refractivity contribution in [1.82, 2.24) is 5.32 Å². The Morgan fingerprint density at radius 2 is 1.38 bits per heavy atom. The summed E-state index contributed by atoms with van der Waals surface area (Å²) in [6, 6.07) is 23.3. The Balaban J connectivity index is 1.56. The van der Waals surface area contributed by atoms with Gasteiger partial charge in [-0.2, -0.15) is 0 Å². The first kappa shape index (κ1) is 22.4. The Hall–Kier alpha value is -4.33. The summed E-state index contributed by atoms with van der Waals surface area (Å²) in [4.78, 5) is 47.1. The molecule has 0 unspecified atom stereocenters. The number of nitro groups is 1. The fourth-order valence-corrected chi connectivity index (χ4v) is 3.10. The number of ether oxygens (including phenoxy) is 1. The lowest BCUT2D eigenvalue weighted by molar-refractivity contribution is -0.384. The van der Waals surface area contributed by atoms with Crippen molar-refractivity contribution in [2.45, 2.75) is 5.92 Å². The molecule has 3 aromatic rings. The molecule has 0 spiro atoms. The minimum atomic E-state index is -0.770. The van der Waals surface area contributed by atoms with E-state index < -0.39 is 35.7 Å². The Labute approximate surface area is 184 Å². The molecule has 162 valence electrons. The minimum Gasteiger partial charge on any atom is -0.456 e. The monoisotopic (exact) mass is 432 g/mol. The normalized spacial score (nSPS) is 10.4. The summed E-state index contributed by atoms with van der Waals surface area (Å²) in [7, 11) is 0. The van der Waals surface area contributed by atoms with Gasteiger partial charge in [0.15, 0.2) is 12.4 Å². The van der Waals surface area contributed by atoms with Crippen LogP contribution in [0.15, 0.2) is 84.9 Å². The lowest BCUT2D eigenvalue weighted by Crippen LogP contribution is -2.35. The van der Waals surface area contributed by atoms with E-state index in [-0.39, 0.29) is 17.2 Å². The molecule has 0 saturated heterocycles. The lowest BCUT2D eigenvalue weighted by atomic mass is 9.90. The Kier molecular flexibility index (Phi) is 7.42. The quantitative estimate of drug-likeness (QED) is 0.240. The Morgan fingerprint density at radius 3 is 1.88 bits per heavy atom. The number of amides is 1. The van der Waals surface area contributed by atoms with Crippen LogP contribution in [0.4, 0.5) is 5.69 Å². The van der Waals surface area contributed by atoms with Crippen LogP contribution >= 0.6 is 0 Å². The zero-order valence-corrected chi connectivity index (χ0v) is 17.0. The molecule has 3 aromatic carbocycles. The van der Waals surface area contributed by atoms with Gasteiger partial charge in [0.25, 0.3) is 5.69 Å². The number of esters is 1. The number of hydrogen-bond donors (Lipinski definition) is 1. The number of ketones is 1. The fraction of sp³-hybridized carbons (Fsp3) is 0.125. The van der Waals surface area contributed by atoms with Crippen molar-refractivity contribution in [1.29, 1.82) is 0 Å².